The van der Waals surface area contributed by atoms with Crippen LogP contribution in [0.15, 0.2) is 34.4 Å². The van der Waals surface area contributed by atoms with Gasteiger partial charge in [0, 0.05) is 18.3 Å². The Morgan fingerprint density at radius 2 is 1.73 bits per heavy atom. The molecule has 5 aliphatic carbocycles. The highest BCUT2D eigenvalue weighted by molar-refractivity contribution is 5.92. The lowest BCUT2D eigenvalue weighted by Gasteiger charge is -2.52. The Bertz CT molecular complexity index is 820. The number of allylic oxidation sites excluding steroid dienone is 6. The van der Waals surface area contributed by atoms with Gasteiger partial charge in [-0.05, 0) is 85.8 Å². The zero-order chi connectivity index (χ0) is 22.3. The fraction of sp³-hybridized carbons (Fsp3) is 0.714. The van der Waals surface area contributed by atoms with E-state index in [1.54, 1.807) is 23.6 Å². The van der Waals surface area contributed by atoms with Crippen molar-refractivity contribution in [2.24, 2.45) is 22.2 Å². The molecule has 1 spiro atoms. The predicted molar refractivity (Wildman–Crippen MR) is 125 cm³/mol. The highest BCUT2D eigenvalue weighted by atomic mass is 16.1. The van der Waals surface area contributed by atoms with Crippen LogP contribution in [-0.4, -0.2) is 11.6 Å². The normalized spacial score (nSPS) is 34.9. The van der Waals surface area contributed by atoms with E-state index in [0.29, 0.717) is 23.0 Å². The smallest absolute Gasteiger partial charge is 0.155 e. The maximum atomic E-state index is 12.1. The number of Topliss-reactive ketones (excluding diaryl/α,β-unsaturated/α-hetero) is 1. The van der Waals surface area contributed by atoms with E-state index in [1.807, 2.05) is 20.8 Å². The summed E-state index contributed by atoms with van der Waals surface area (Å²) < 4.78 is 0. The molecule has 0 bridgehead atoms. The van der Waals surface area contributed by atoms with Crippen molar-refractivity contribution in [3.63, 3.8) is 0 Å². The first kappa shape index (κ1) is 23.2. The van der Waals surface area contributed by atoms with Crippen molar-refractivity contribution in [2.45, 2.75) is 106 Å². The van der Waals surface area contributed by atoms with Gasteiger partial charge in [-0.2, -0.15) is 0 Å². The standard InChI is InChI=1S/C22H28O.C4H8O.C2H6/c1-14-4-5-17-16-13-22(10-11-22)19-12-15(23)6-8-21(19,3)18(16)7-9-20(14,17)2;1-3-4(2)5;1-2/h5,12,14H,4,6-11,13H2,1-3H3;3H2,1-2H3;1-2H3. The average molecular weight is 411 g/mol. The van der Waals surface area contributed by atoms with Gasteiger partial charge >= 0.3 is 0 Å². The first-order valence-corrected chi connectivity index (χ1v) is 12.3. The second kappa shape index (κ2) is 8.24. The molecule has 0 aromatic rings. The Balaban J connectivity index is 0.000000324. The minimum atomic E-state index is 0.186. The van der Waals surface area contributed by atoms with Crippen LogP contribution in [0.4, 0.5) is 0 Å². The number of ketones is 2. The van der Waals surface area contributed by atoms with Gasteiger partial charge in [0.05, 0.1) is 0 Å². The highest BCUT2D eigenvalue weighted by Crippen LogP contribution is 2.71. The van der Waals surface area contributed by atoms with Crippen molar-refractivity contribution in [3.8, 4) is 0 Å². The van der Waals surface area contributed by atoms with Crippen LogP contribution in [-0.2, 0) is 9.59 Å². The molecule has 2 nitrogen and oxygen atoms in total. The topological polar surface area (TPSA) is 34.1 Å². The van der Waals surface area contributed by atoms with Crippen molar-refractivity contribution in [3.05, 3.63) is 34.4 Å². The van der Waals surface area contributed by atoms with E-state index in [0.717, 1.165) is 18.8 Å². The van der Waals surface area contributed by atoms with Gasteiger partial charge in [-0.25, -0.2) is 0 Å². The Labute approximate surface area is 184 Å². The molecule has 30 heavy (non-hydrogen) atoms. The monoisotopic (exact) mass is 410 g/mol. The fourth-order valence-corrected chi connectivity index (χ4v) is 6.39. The molecule has 0 radical (unpaired) electrons. The molecule has 0 aromatic carbocycles. The Kier molecular flexibility index (Phi) is 6.38. The Morgan fingerprint density at radius 1 is 1.10 bits per heavy atom. The third-order valence-corrected chi connectivity index (χ3v) is 8.84. The van der Waals surface area contributed by atoms with Crippen LogP contribution in [0.1, 0.15) is 106 Å². The minimum Gasteiger partial charge on any atom is -0.300 e. The molecule has 3 atom stereocenters. The lowest BCUT2D eigenvalue weighted by molar-refractivity contribution is -0.117. The summed E-state index contributed by atoms with van der Waals surface area (Å²) >= 11 is 0. The van der Waals surface area contributed by atoms with E-state index in [1.165, 1.54) is 44.1 Å². The van der Waals surface area contributed by atoms with Gasteiger partial charge in [0.15, 0.2) is 5.78 Å². The van der Waals surface area contributed by atoms with Crippen molar-refractivity contribution < 1.29 is 9.59 Å². The summed E-state index contributed by atoms with van der Waals surface area (Å²) in [6.45, 7) is 14.8. The SMILES string of the molecule is CC.CC1CC=C2C3=C(CCC21C)C1(C)CCC(=O)C=C1C1(CC1)C3.CCC(C)=O. The number of hydrogen-bond acceptors (Lipinski definition) is 2. The number of hydrogen-bond donors (Lipinski definition) is 0. The van der Waals surface area contributed by atoms with Gasteiger partial charge in [-0.15, -0.1) is 0 Å². The van der Waals surface area contributed by atoms with E-state index in [-0.39, 0.29) is 11.2 Å². The molecular weight excluding hydrogens is 368 g/mol. The molecule has 1 saturated carbocycles. The van der Waals surface area contributed by atoms with E-state index in [2.05, 4.69) is 32.9 Å². The van der Waals surface area contributed by atoms with E-state index >= 15 is 0 Å². The molecule has 2 heteroatoms. The minimum absolute atomic E-state index is 0.186. The van der Waals surface area contributed by atoms with Gasteiger partial charge in [0.25, 0.3) is 0 Å². The Morgan fingerprint density at radius 3 is 2.30 bits per heavy atom. The van der Waals surface area contributed by atoms with E-state index < -0.39 is 0 Å². The number of carbonyl (C=O) groups is 2. The third-order valence-electron chi connectivity index (χ3n) is 8.84. The van der Waals surface area contributed by atoms with Crippen LogP contribution in [0.25, 0.3) is 0 Å². The number of fused-ring (bicyclic) bond motifs is 5. The molecular formula is C28H42O2. The number of carbonyl (C=O) groups excluding carboxylic acids is 2. The average Bonchev–Trinajstić information content (AvgIpc) is 3.43. The van der Waals surface area contributed by atoms with Gasteiger partial charge in [0.2, 0.25) is 0 Å². The lowest BCUT2D eigenvalue weighted by atomic mass is 9.52. The molecule has 3 unspecified atom stereocenters. The lowest BCUT2D eigenvalue weighted by Crippen LogP contribution is -2.41. The summed E-state index contributed by atoms with van der Waals surface area (Å²) in [5, 5.41) is 0. The summed E-state index contributed by atoms with van der Waals surface area (Å²) in [5.41, 5.74) is 7.63. The summed E-state index contributed by atoms with van der Waals surface area (Å²) in [6.07, 6.45) is 14.8. The summed E-state index contributed by atoms with van der Waals surface area (Å²) in [6, 6.07) is 0. The van der Waals surface area contributed by atoms with Crippen LogP contribution in [0, 0.1) is 22.2 Å². The van der Waals surface area contributed by atoms with Crippen LogP contribution in [0.5, 0.6) is 0 Å². The molecule has 166 valence electrons. The summed E-state index contributed by atoms with van der Waals surface area (Å²) in [7, 11) is 0. The predicted octanol–water partition coefficient (Wildman–Crippen LogP) is 7.54. The van der Waals surface area contributed by atoms with Crippen molar-refractivity contribution >= 4 is 11.6 Å². The van der Waals surface area contributed by atoms with Crippen LogP contribution < -0.4 is 0 Å². The van der Waals surface area contributed by atoms with Gasteiger partial charge < -0.3 is 4.79 Å². The molecule has 0 amide bonds. The highest BCUT2D eigenvalue weighted by Gasteiger charge is 2.60. The van der Waals surface area contributed by atoms with Gasteiger partial charge in [-0.1, -0.05) is 58.8 Å². The summed E-state index contributed by atoms with van der Waals surface area (Å²) in [5.74, 6) is 1.42. The van der Waals surface area contributed by atoms with Crippen LogP contribution in [0.3, 0.4) is 0 Å². The molecule has 0 heterocycles. The van der Waals surface area contributed by atoms with E-state index in [4.69, 9.17) is 0 Å². The zero-order valence-corrected chi connectivity index (χ0v) is 20.4. The van der Waals surface area contributed by atoms with Gasteiger partial charge in [-0.3, -0.25) is 4.79 Å². The van der Waals surface area contributed by atoms with Crippen LogP contribution in [0.2, 0.25) is 0 Å². The third kappa shape index (κ3) is 3.59. The van der Waals surface area contributed by atoms with Crippen molar-refractivity contribution in [1.29, 1.82) is 0 Å². The molecule has 0 aliphatic heterocycles. The second-order valence-electron chi connectivity index (χ2n) is 10.5. The molecule has 0 aromatic heterocycles. The first-order valence-electron chi connectivity index (χ1n) is 12.3. The molecule has 5 rings (SSSR count). The number of rotatable bonds is 1. The fourth-order valence-electron chi connectivity index (χ4n) is 6.39. The molecule has 0 saturated heterocycles. The molecule has 0 N–H and O–H groups in total. The summed E-state index contributed by atoms with van der Waals surface area (Å²) in [4.78, 5) is 21.9. The first-order chi connectivity index (χ1) is 14.2. The largest absolute Gasteiger partial charge is 0.300 e. The van der Waals surface area contributed by atoms with Crippen LogP contribution >= 0.6 is 0 Å². The van der Waals surface area contributed by atoms with Crippen molar-refractivity contribution in [2.75, 3.05) is 0 Å². The molecule has 1 fully saturated rings. The Hall–Kier alpha value is -1.44. The van der Waals surface area contributed by atoms with Gasteiger partial charge in [0.1, 0.15) is 5.78 Å². The zero-order valence-electron chi connectivity index (χ0n) is 20.4. The quantitative estimate of drug-likeness (QED) is 0.447. The molecule has 5 aliphatic rings. The van der Waals surface area contributed by atoms with E-state index in [9.17, 15) is 9.59 Å². The van der Waals surface area contributed by atoms with Crippen molar-refractivity contribution in [1.82, 2.24) is 0 Å². The second-order valence-corrected chi connectivity index (χ2v) is 10.5. The maximum absolute atomic E-state index is 12.1. The maximum Gasteiger partial charge on any atom is 0.155 e.